The van der Waals surface area contributed by atoms with Gasteiger partial charge in [0.1, 0.15) is 0 Å². The first kappa shape index (κ1) is 2490. The number of hydrogen-bond donors (Lipinski definition) is 2. The topological polar surface area (TPSA) is 188 Å². The van der Waals surface area contributed by atoms with E-state index in [4.69, 9.17) is 0 Å². The summed E-state index contributed by atoms with van der Waals surface area (Å²) in [6.07, 6.45) is 0. The van der Waals surface area contributed by atoms with Gasteiger partial charge in [-0.05, 0) is 0 Å². The van der Waals surface area contributed by atoms with Crippen molar-refractivity contribution in [3.05, 3.63) is 0 Å². The van der Waals surface area contributed by atoms with E-state index in [0.717, 1.165) is 0 Å². The van der Waals surface area contributed by atoms with Crippen LogP contribution < -0.4 is 12.3 Å². The van der Waals surface area contributed by atoms with Crippen molar-refractivity contribution in [1.29, 1.82) is 0 Å². The predicted octanol–water partition coefficient (Wildman–Crippen LogP) is -0.918. The van der Waals surface area contributed by atoms with Gasteiger partial charge in [-0.2, -0.15) is 0 Å². The Morgan fingerprint density at radius 3 is 0.714 bits per heavy atom. The molecule has 0 saturated heterocycles. The maximum Gasteiger partial charge on any atom is 0 e. The molecule has 0 heterocycles. The van der Waals surface area contributed by atoms with Crippen LogP contribution in [0, 0.1) is 0 Å². The summed E-state index contributed by atoms with van der Waals surface area (Å²) in [5.74, 6) is 0. The second-order valence-corrected chi connectivity index (χ2v) is 0. The Labute approximate surface area is 53.6 Å². The van der Waals surface area contributed by atoms with E-state index in [1.807, 2.05) is 0 Å². The molecule has 0 aliphatic carbocycles. The van der Waals surface area contributed by atoms with Crippen molar-refractivity contribution < 1.29 is 40.5 Å². The molecule has 0 fully saturated rings. The molecule has 0 amide bonds. The summed E-state index contributed by atoms with van der Waals surface area (Å²) >= 11 is 0. The van der Waals surface area contributed by atoms with Crippen LogP contribution in [-0.4, -0.2) is 11.0 Å². The fourth-order valence-electron chi connectivity index (χ4n) is 0. The average Bonchev–Trinajstić information content (AvgIpc) is 0. The Bertz CT molecular complexity index is 9.65. The quantitative estimate of drug-likeness (QED) is 0.454. The summed E-state index contributed by atoms with van der Waals surface area (Å²) in [5, 5.41) is 0. The Morgan fingerprint density at radius 1 is 0.714 bits per heavy atom. The summed E-state index contributed by atoms with van der Waals surface area (Å²) in [4.78, 5) is 0. The maximum absolute atomic E-state index is 0. The molecule has 0 aliphatic rings. The summed E-state index contributed by atoms with van der Waals surface area (Å²) in [7, 11) is 0. The Kier molecular flexibility index (Phi) is 544000. The van der Waals surface area contributed by atoms with Gasteiger partial charge in [-0.1, -0.05) is 0 Å². The fourth-order valence-corrected chi connectivity index (χ4v) is 0. The van der Waals surface area contributed by atoms with Gasteiger partial charge in [-0.3, -0.25) is 0 Å². The van der Waals surface area contributed by atoms with Crippen molar-refractivity contribution in [2.24, 2.45) is 0 Å². The molecule has 0 aliphatic heterocycles. The first-order valence-corrected chi connectivity index (χ1v) is 0. The molecule has 0 aromatic rings. The molecule has 9 N–H and O–H groups in total. The number of rotatable bonds is 0. The van der Waals surface area contributed by atoms with E-state index in [-0.39, 0.29) is 52.8 Å². The van der Waals surface area contributed by atoms with Crippen LogP contribution in [0.25, 0.3) is 0 Å². The summed E-state index contributed by atoms with van der Waals surface area (Å²) < 4.78 is 0. The smallest absolute Gasteiger partial charge is 0 e. The van der Waals surface area contributed by atoms with E-state index in [1.54, 1.807) is 0 Å². The molecule has 0 aromatic carbocycles. The van der Waals surface area contributed by atoms with Crippen LogP contribution in [0.4, 0.5) is 0 Å². The third-order valence-electron chi connectivity index (χ3n) is 0. The zero-order valence-electron chi connectivity index (χ0n) is 3.63. The molecule has 0 aromatic heterocycles. The Morgan fingerprint density at radius 2 is 0.714 bits per heavy atom. The van der Waals surface area contributed by atoms with Crippen molar-refractivity contribution >= 4 is 0 Å². The van der Waals surface area contributed by atoms with E-state index in [0.29, 0.717) is 0 Å². The van der Waals surface area contributed by atoms with E-state index < -0.39 is 0 Å². The average molecular weight is 152 g/mol. The Hall–Kier alpha value is 0.344. The van der Waals surface area contributed by atoms with Crippen LogP contribution in [0.5, 0.6) is 0 Å². The van der Waals surface area contributed by atoms with Crippen LogP contribution >= 0.6 is 0 Å². The van der Waals surface area contributed by atoms with Crippen molar-refractivity contribution in [2.75, 3.05) is 0 Å². The SMILES string of the molecule is N.N.O.[O-2].[O-2].[OH-].[V]. The first-order chi connectivity index (χ1) is 0. The molecule has 0 saturated carbocycles. The van der Waals surface area contributed by atoms with Crippen molar-refractivity contribution in [3.63, 3.8) is 0 Å². The van der Waals surface area contributed by atoms with Gasteiger partial charge >= 0.3 is 0 Å². The maximum atomic E-state index is 0. The van der Waals surface area contributed by atoms with Crippen LogP contribution in [0.15, 0.2) is 0 Å². The molecule has 6 nitrogen and oxygen atoms in total. The minimum atomic E-state index is 0. The van der Waals surface area contributed by atoms with E-state index in [2.05, 4.69) is 0 Å². The molecular weight excluding hydrogens is 143 g/mol. The standard InChI is InChI=1S/2H3N.2H2O.2O.V/h2*1H3;2*1H2;;;/q;;;;2*-2;/p-1. The third-order valence-corrected chi connectivity index (χ3v) is 0. The van der Waals surface area contributed by atoms with E-state index in [1.165, 1.54) is 0 Å². The summed E-state index contributed by atoms with van der Waals surface area (Å²) in [6, 6.07) is 0. The number of hydrogen-bond acceptors (Lipinski definition) is 3. The van der Waals surface area contributed by atoms with Crippen molar-refractivity contribution in [3.8, 4) is 0 Å². The molecular formula is H9N2O4V-5. The normalized spacial score (nSPS) is 0. The van der Waals surface area contributed by atoms with Gasteiger partial charge in [0.2, 0.25) is 0 Å². The van der Waals surface area contributed by atoms with E-state index in [9.17, 15) is 0 Å². The van der Waals surface area contributed by atoms with Gasteiger partial charge < -0.3 is 34.2 Å². The zero-order valence-corrected chi connectivity index (χ0v) is 5.02. The van der Waals surface area contributed by atoms with Gasteiger partial charge in [-0.25, -0.2) is 0 Å². The second kappa shape index (κ2) is 1530. The van der Waals surface area contributed by atoms with Crippen LogP contribution in [0.1, 0.15) is 0 Å². The molecule has 0 spiro atoms. The molecule has 0 rings (SSSR count). The minimum Gasteiger partial charge on any atom is -2.00 e. The molecule has 1 radical (unpaired) electrons. The van der Waals surface area contributed by atoms with Crippen LogP contribution in [-0.2, 0) is 29.5 Å². The summed E-state index contributed by atoms with van der Waals surface area (Å²) in [6.45, 7) is 0. The van der Waals surface area contributed by atoms with Gasteiger partial charge in [0.05, 0.1) is 0 Å². The van der Waals surface area contributed by atoms with E-state index >= 15 is 0 Å². The van der Waals surface area contributed by atoms with Crippen molar-refractivity contribution in [2.45, 2.75) is 0 Å². The summed E-state index contributed by atoms with van der Waals surface area (Å²) in [5.41, 5.74) is 0. The first-order valence-electron chi connectivity index (χ1n) is 0. The molecule has 0 atom stereocenters. The fraction of sp³-hybridized carbons (Fsp3) is 0. The molecule has 0 unspecified atom stereocenters. The van der Waals surface area contributed by atoms with Gasteiger partial charge in [0.15, 0.2) is 0 Å². The van der Waals surface area contributed by atoms with Gasteiger partial charge in [-0.15, -0.1) is 0 Å². The third kappa shape index (κ3) is 1010. The zero-order chi connectivity index (χ0) is 0. The van der Waals surface area contributed by atoms with Crippen LogP contribution in [0.2, 0.25) is 0 Å². The van der Waals surface area contributed by atoms with Gasteiger partial charge in [0, 0.05) is 18.6 Å². The van der Waals surface area contributed by atoms with Crippen molar-refractivity contribution in [1.82, 2.24) is 12.3 Å². The minimum absolute atomic E-state index is 0. The predicted molar refractivity (Wildman–Crippen MR) is 17.0 cm³/mol. The largest absolute Gasteiger partial charge is 2.00 e. The van der Waals surface area contributed by atoms with Gasteiger partial charge in [0.25, 0.3) is 0 Å². The Balaban J connectivity index is 0. The molecule has 0 bridgehead atoms. The second-order valence-electron chi connectivity index (χ2n) is 0. The molecule has 53 valence electrons. The monoisotopic (exact) mass is 152 g/mol. The molecule has 7 heavy (non-hydrogen) atoms. The molecule has 7 heteroatoms. The van der Waals surface area contributed by atoms with Crippen LogP contribution in [0.3, 0.4) is 0 Å².